The first kappa shape index (κ1) is 32.0. The van der Waals surface area contributed by atoms with Crippen LogP contribution in [0.25, 0.3) is 0 Å². The molecule has 0 saturated carbocycles. The molecule has 0 saturated heterocycles. The first-order valence-electron chi connectivity index (χ1n) is 11.9. The third kappa shape index (κ3) is 10.9. The standard InChI is InChI=1S/C26H38N4O6.Fe/c1-33-19-13-23(31)21(25(15-19)35-3)17-29-9-5-7-27-11-12-28-8-6-10-30-18-22-24(32)14-20(34-2)16-26(22)36-4;/h13-18,27-30H,5-12H2,1-4H3;/b21-17+,22-18+;. The van der Waals surface area contributed by atoms with E-state index in [4.69, 9.17) is 18.9 Å². The Kier molecular flexibility index (Phi) is 15.8. The van der Waals surface area contributed by atoms with Crippen LogP contribution in [0.2, 0.25) is 0 Å². The van der Waals surface area contributed by atoms with Crippen LogP contribution < -0.4 is 21.3 Å². The summed E-state index contributed by atoms with van der Waals surface area (Å²) in [6, 6.07) is 0. The molecule has 37 heavy (non-hydrogen) atoms. The van der Waals surface area contributed by atoms with Crippen molar-refractivity contribution in [3.05, 3.63) is 70.9 Å². The summed E-state index contributed by atoms with van der Waals surface area (Å²) in [7, 11) is 6.09. The summed E-state index contributed by atoms with van der Waals surface area (Å²) < 4.78 is 20.8. The first-order valence-corrected chi connectivity index (χ1v) is 11.9. The minimum Gasteiger partial charge on any atom is -0.496 e. The molecule has 0 aliphatic heterocycles. The maximum Gasteiger partial charge on any atom is 0.194 e. The van der Waals surface area contributed by atoms with Crippen LogP contribution in [0.5, 0.6) is 0 Å². The maximum atomic E-state index is 12.2. The van der Waals surface area contributed by atoms with Crippen LogP contribution in [-0.4, -0.2) is 79.3 Å². The molecule has 10 nitrogen and oxygen atoms in total. The summed E-state index contributed by atoms with van der Waals surface area (Å²) in [6.07, 6.45) is 11.5. The van der Waals surface area contributed by atoms with Crippen molar-refractivity contribution in [1.29, 1.82) is 0 Å². The number of nitrogens with one attached hydrogen (secondary N) is 4. The Bertz CT molecular complexity index is 877. The summed E-state index contributed by atoms with van der Waals surface area (Å²) in [4.78, 5) is 24.4. The molecule has 206 valence electrons. The van der Waals surface area contributed by atoms with Gasteiger partial charge in [-0.05, 0) is 25.9 Å². The Balaban J connectivity index is 0.00000684. The van der Waals surface area contributed by atoms with E-state index in [9.17, 15) is 9.59 Å². The van der Waals surface area contributed by atoms with Crippen LogP contribution in [0, 0.1) is 0 Å². The van der Waals surface area contributed by atoms with E-state index in [-0.39, 0.29) is 28.6 Å². The number of ketones is 2. The van der Waals surface area contributed by atoms with Gasteiger partial charge in [0.15, 0.2) is 11.6 Å². The Morgan fingerprint density at radius 3 is 1.35 bits per heavy atom. The van der Waals surface area contributed by atoms with E-state index in [0.29, 0.717) is 34.2 Å². The van der Waals surface area contributed by atoms with E-state index in [2.05, 4.69) is 21.3 Å². The molecular formula is C26H38FeN4O6. The average molecular weight is 558 g/mol. The molecule has 0 aromatic heterocycles. The zero-order chi connectivity index (χ0) is 26.2. The average Bonchev–Trinajstić information content (AvgIpc) is 2.89. The Morgan fingerprint density at radius 2 is 1.00 bits per heavy atom. The van der Waals surface area contributed by atoms with E-state index in [0.717, 1.165) is 52.1 Å². The van der Waals surface area contributed by atoms with Crippen molar-refractivity contribution < 1.29 is 45.6 Å². The zero-order valence-corrected chi connectivity index (χ0v) is 23.0. The van der Waals surface area contributed by atoms with Crippen molar-refractivity contribution in [2.75, 3.05) is 67.7 Å². The topological polar surface area (TPSA) is 119 Å². The van der Waals surface area contributed by atoms with Gasteiger partial charge in [0.05, 0.1) is 39.6 Å². The van der Waals surface area contributed by atoms with E-state index in [1.54, 1.807) is 24.6 Å². The molecule has 4 N–H and O–H groups in total. The number of carbonyl (C=O) groups excluding carboxylic acids is 2. The van der Waals surface area contributed by atoms with Crippen molar-refractivity contribution >= 4 is 11.6 Å². The zero-order valence-electron chi connectivity index (χ0n) is 21.9. The van der Waals surface area contributed by atoms with Crippen LogP contribution >= 0.6 is 0 Å². The molecule has 0 heterocycles. The molecule has 0 aromatic carbocycles. The number of allylic oxidation sites excluding steroid dienone is 6. The van der Waals surface area contributed by atoms with Gasteiger partial charge >= 0.3 is 0 Å². The number of carbonyl (C=O) groups is 2. The van der Waals surface area contributed by atoms with Gasteiger partial charge < -0.3 is 40.2 Å². The Morgan fingerprint density at radius 1 is 0.595 bits per heavy atom. The van der Waals surface area contributed by atoms with Gasteiger partial charge in [-0.1, -0.05) is 0 Å². The molecule has 0 spiro atoms. The molecule has 0 aromatic rings. The van der Waals surface area contributed by atoms with E-state index in [1.165, 1.54) is 40.6 Å². The maximum absolute atomic E-state index is 12.2. The summed E-state index contributed by atoms with van der Waals surface area (Å²) >= 11 is 0. The SMILES string of the molecule is COC1=CC(=O)/C(=C\NCCCNCCNCCCN/C=C2\C(=O)C=C(OC)C=C2OC)C(OC)=C1.[Fe]. The number of hydrogen-bond acceptors (Lipinski definition) is 10. The summed E-state index contributed by atoms with van der Waals surface area (Å²) in [5.41, 5.74) is 0.971. The van der Waals surface area contributed by atoms with E-state index < -0.39 is 0 Å². The third-order valence-corrected chi connectivity index (χ3v) is 5.39. The second kappa shape index (κ2) is 18.3. The second-order valence-electron chi connectivity index (χ2n) is 7.89. The Labute approximate surface area is 229 Å². The summed E-state index contributed by atoms with van der Waals surface area (Å²) in [5.74, 6) is 1.64. The molecule has 11 heteroatoms. The van der Waals surface area contributed by atoms with Crippen molar-refractivity contribution in [1.82, 2.24) is 21.3 Å². The minimum atomic E-state index is -0.147. The fourth-order valence-corrected chi connectivity index (χ4v) is 3.42. The number of hydrogen-bond donors (Lipinski definition) is 4. The molecular weight excluding hydrogens is 520 g/mol. The molecule has 0 amide bonds. The second-order valence-corrected chi connectivity index (χ2v) is 7.89. The molecule has 0 bridgehead atoms. The monoisotopic (exact) mass is 558 g/mol. The van der Waals surface area contributed by atoms with Crippen LogP contribution in [0.1, 0.15) is 12.8 Å². The van der Waals surface area contributed by atoms with Gasteiger partial charge in [-0.3, -0.25) is 9.59 Å². The fraction of sp³-hybridized carbons (Fsp3) is 0.462. The van der Waals surface area contributed by atoms with Gasteiger partial charge in [0.25, 0.3) is 0 Å². The fourth-order valence-electron chi connectivity index (χ4n) is 3.42. The van der Waals surface area contributed by atoms with Gasteiger partial charge in [-0.15, -0.1) is 0 Å². The largest absolute Gasteiger partial charge is 0.496 e. The predicted octanol–water partition coefficient (Wildman–Crippen LogP) is 1.18. The van der Waals surface area contributed by atoms with Gasteiger partial charge in [-0.2, -0.15) is 0 Å². The van der Waals surface area contributed by atoms with E-state index in [1.807, 2.05) is 0 Å². The molecule has 2 aliphatic rings. The number of methoxy groups -OCH3 is 4. The first-order chi connectivity index (χ1) is 17.5. The van der Waals surface area contributed by atoms with Gasteiger partial charge in [0.1, 0.15) is 23.0 Å². The minimum absolute atomic E-state index is 0. The van der Waals surface area contributed by atoms with Crippen LogP contribution in [0.3, 0.4) is 0 Å². The molecule has 0 atom stereocenters. The van der Waals surface area contributed by atoms with Crippen LogP contribution in [0.4, 0.5) is 0 Å². The predicted molar refractivity (Wildman–Crippen MR) is 138 cm³/mol. The summed E-state index contributed by atoms with van der Waals surface area (Å²) in [5, 5.41) is 13.1. The quantitative estimate of drug-likeness (QED) is 0.118. The number of rotatable bonds is 17. The van der Waals surface area contributed by atoms with Gasteiger partial charge in [-0.25, -0.2) is 0 Å². The van der Waals surface area contributed by atoms with Crippen LogP contribution in [0.15, 0.2) is 70.9 Å². The van der Waals surface area contributed by atoms with Crippen molar-refractivity contribution in [3.63, 3.8) is 0 Å². The molecule has 0 radical (unpaired) electrons. The van der Waals surface area contributed by atoms with Crippen LogP contribution in [-0.2, 0) is 45.6 Å². The molecule has 2 aliphatic carbocycles. The summed E-state index contributed by atoms with van der Waals surface area (Å²) in [6.45, 7) is 4.93. The van der Waals surface area contributed by atoms with Crippen molar-refractivity contribution in [2.24, 2.45) is 0 Å². The number of ether oxygens (including phenoxy) is 4. The Hall–Kier alpha value is -2.98. The molecule has 0 fully saturated rings. The smallest absolute Gasteiger partial charge is 0.194 e. The van der Waals surface area contributed by atoms with Crippen molar-refractivity contribution in [3.8, 4) is 0 Å². The van der Waals surface area contributed by atoms with Gasteiger partial charge in [0, 0.05) is 80.0 Å². The van der Waals surface area contributed by atoms with Crippen molar-refractivity contribution in [2.45, 2.75) is 12.8 Å². The van der Waals surface area contributed by atoms with E-state index >= 15 is 0 Å². The van der Waals surface area contributed by atoms with Gasteiger partial charge in [0.2, 0.25) is 0 Å². The normalized spacial score (nSPS) is 17.3. The molecule has 0 unspecified atom stereocenters. The molecule has 2 rings (SSSR count). The third-order valence-electron chi connectivity index (χ3n) is 5.39.